The Bertz CT molecular complexity index is 426. The van der Waals surface area contributed by atoms with Gasteiger partial charge >= 0.3 is 0 Å². The number of nitrogens with two attached hydrogens (primary N) is 1. The normalized spacial score (nSPS) is 9.50. The van der Waals surface area contributed by atoms with Crippen molar-refractivity contribution in [3.05, 3.63) is 29.6 Å². The summed E-state index contributed by atoms with van der Waals surface area (Å²) in [6.07, 6.45) is 0.869. The molecule has 5 heteroatoms. The molecule has 0 aliphatic heterocycles. The molecule has 16 heavy (non-hydrogen) atoms. The van der Waals surface area contributed by atoms with Crippen molar-refractivity contribution in [1.82, 2.24) is 0 Å². The van der Waals surface area contributed by atoms with E-state index < -0.39 is 5.82 Å². The molecule has 1 amide bonds. The van der Waals surface area contributed by atoms with Crippen molar-refractivity contribution in [1.29, 1.82) is 5.26 Å². The maximum Gasteiger partial charge on any atom is 0.217 e. The summed E-state index contributed by atoms with van der Waals surface area (Å²) < 4.78 is 12.8. The number of anilines is 1. The number of amides is 1. The summed E-state index contributed by atoms with van der Waals surface area (Å²) in [5.74, 6) is -0.805. The SMILES string of the molecule is N#Cc1cc(F)ccc1NCCCC(N)=O. The third-order valence-corrected chi connectivity index (χ3v) is 2.02. The third-order valence-electron chi connectivity index (χ3n) is 2.02. The Morgan fingerprint density at radius 2 is 2.31 bits per heavy atom. The second kappa shape index (κ2) is 5.71. The molecule has 0 aliphatic rings. The molecule has 0 fully saturated rings. The van der Waals surface area contributed by atoms with E-state index in [0.29, 0.717) is 18.7 Å². The molecule has 0 radical (unpaired) electrons. The van der Waals surface area contributed by atoms with Crippen LogP contribution in [-0.2, 0) is 4.79 Å². The van der Waals surface area contributed by atoms with Crippen molar-refractivity contribution in [2.75, 3.05) is 11.9 Å². The average molecular weight is 221 g/mol. The molecule has 0 aliphatic carbocycles. The molecule has 0 saturated heterocycles. The predicted octanol–water partition coefficient (Wildman–Crippen LogP) is 1.37. The summed E-state index contributed by atoms with van der Waals surface area (Å²) >= 11 is 0. The molecule has 1 aromatic carbocycles. The van der Waals surface area contributed by atoms with Gasteiger partial charge in [0.25, 0.3) is 0 Å². The first-order valence-corrected chi connectivity index (χ1v) is 4.85. The van der Waals surface area contributed by atoms with Gasteiger partial charge in [0.1, 0.15) is 11.9 Å². The quantitative estimate of drug-likeness (QED) is 0.737. The molecule has 0 saturated carbocycles. The lowest BCUT2D eigenvalue weighted by Crippen LogP contribution is -2.13. The molecule has 0 bridgehead atoms. The van der Waals surface area contributed by atoms with Crippen LogP contribution in [0.4, 0.5) is 10.1 Å². The fourth-order valence-electron chi connectivity index (χ4n) is 1.25. The first kappa shape index (κ1) is 12.0. The Hall–Kier alpha value is -2.09. The van der Waals surface area contributed by atoms with Crippen LogP contribution in [0.3, 0.4) is 0 Å². The van der Waals surface area contributed by atoms with E-state index >= 15 is 0 Å². The van der Waals surface area contributed by atoms with Gasteiger partial charge < -0.3 is 11.1 Å². The van der Waals surface area contributed by atoms with Gasteiger partial charge in [0.05, 0.1) is 11.3 Å². The van der Waals surface area contributed by atoms with E-state index in [1.54, 1.807) is 0 Å². The first-order valence-electron chi connectivity index (χ1n) is 4.85. The van der Waals surface area contributed by atoms with Crippen molar-refractivity contribution in [3.8, 4) is 6.07 Å². The Balaban J connectivity index is 2.54. The molecule has 3 N–H and O–H groups in total. The Labute approximate surface area is 92.9 Å². The van der Waals surface area contributed by atoms with Gasteiger partial charge in [-0.15, -0.1) is 0 Å². The van der Waals surface area contributed by atoms with Crippen molar-refractivity contribution in [3.63, 3.8) is 0 Å². The summed E-state index contributed by atoms with van der Waals surface area (Å²) in [6.45, 7) is 0.517. The fraction of sp³-hybridized carbons (Fsp3) is 0.273. The molecule has 1 aromatic rings. The highest BCUT2D eigenvalue weighted by Gasteiger charge is 2.03. The minimum absolute atomic E-state index is 0.249. The summed E-state index contributed by atoms with van der Waals surface area (Å²) in [5.41, 5.74) is 5.79. The number of halogens is 1. The molecule has 0 aromatic heterocycles. The van der Waals surface area contributed by atoms with Crippen LogP contribution in [0.1, 0.15) is 18.4 Å². The van der Waals surface area contributed by atoms with Gasteiger partial charge in [0.15, 0.2) is 0 Å². The van der Waals surface area contributed by atoms with E-state index in [4.69, 9.17) is 11.0 Å². The zero-order valence-electron chi connectivity index (χ0n) is 8.66. The number of hydrogen-bond acceptors (Lipinski definition) is 3. The van der Waals surface area contributed by atoms with Crippen molar-refractivity contribution < 1.29 is 9.18 Å². The van der Waals surface area contributed by atoms with Crippen LogP contribution in [0, 0.1) is 17.1 Å². The van der Waals surface area contributed by atoms with Gasteiger partial charge in [0.2, 0.25) is 5.91 Å². The maximum atomic E-state index is 12.8. The molecule has 0 atom stereocenters. The highest BCUT2D eigenvalue weighted by Crippen LogP contribution is 2.15. The minimum atomic E-state index is -0.445. The van der Waals surface area contributed by atoms with E-state index in [-0.39, 0.29) is 17.9 Å². The van der Waals surface area contributed by atoms with Gasteiger partial charge in [-0.1, -0.05) is 0 Å². The Kier molecular flexibility index (Phi) is 4.28. The molecule has 0 heterocycles. The summed E-state index contributed by atoms with van der Waals surface area (Å²) in [4.78, 5) is 10.5. The number of nitrogens with one attached hydrogen (secondary N) is 1. The Morgan fingerprint density at radius 1 is 1.56 bits per heavy atom. The van der Waals surface area contributed by atoms with Crippen LogP contribution in [0.2, 0.25) is 0 Å². The smallest absolute Gasteiger partial charge is 0.217 e. The molecule has 4 nitrogen and oxygen atoms in total. The number of carbonyl (C=O) groups excluding carboxylic acids is 1. The Morgan fingerprint density at radius 3 is 2.94 bits per heavy atom. The lowest BCUT2D eigenvalue weighted by Gasteiger charge is -2.07. The van der Waals surface area contributed by atoms with Gasteiger partial charge in [-0.3, -0.25) is 4.79 Å². The first-order chi connectivity index (χ1) is 7.63. The van der Waals surface area contributed by atoms with E-state index in [1.165, 1.54) is 12.1 Å². The number of hydrogen-bond donors (Lipinski definition) is 2. The van der Waals surface area contributed by atoms with Crippen LogP contribution < -0.4 is 11.1 Å². The predicted molar refractivity (Wildman–Crippen MR) is 58.0 cm³/mol. The third kappa shape index (κ3) is 3.58. The van der Waals surface area contributed by atoms with Crippen molar-refractivity contribution in [2.24, 2.45) is 5.73 Å². The second-order valence-electron chi connectivity index (χ2n) is 3.30. The lowest BCUT2D eigenvalue weighted by atomic mass is 10.2. The largest absolute Gasteiger partial charge is 0.384 e. The van der Waals surface area contributed by atoms with E-state index in [2.05, 4.69) is 5.32 Å². The van der Waals surface area contributed by atoms with Gasteiger partial charge in [-0.05, 0) is 24.6 Å². The van der Waals surface area contributed by atoms with E-state index in [9.17, 15) is 9.18 Å². The van der Waals surface area contributed by atoms with Crippen molar-refractivity contribution >= 4 is 11.6 Å². The zero-order chi connectivity index (χ0) is 12.0. The number of primary amides is 1. The second-order valence-corrected chi connectivity index (χ2v) is 3.30. The molecular formula is C11H12FN3O. The van der Waals surface area contributed by atoms with Gasteiger partial charge in [0, 0.05) is 13.0 Å². The molecule has 1 rings (SSSR count). The number of nitrogens with zero attached hydrogens (tertiary/aromatic N) is 1. The van der Waals surface area contributed by atoms with Crippen LogP contribution >= 0.6 is 0 Å². The van der Waals surface area contributed by atoms with Crippen LogP contribution in [0.15, 0.2) is 18.2 Å². The number of benzene rings is 1. The lowest BCUT2D eigenvalue weighted by molar-refractivity contribution is -0.118. The van der Waals surface area contributed by atoms with Crippen LogP contribution in [-0.4, -0.2) is 12.5 Å². The van der Waals surface area contributed by atoms with Crippen LogP contribution in [0.5, 0.6) is 0 Å². The molecular weight excluding hydrogens is 209 g/mol. The number of nitriles is 1. The summed E-state index contributed by atoms with van der Waals surface area (Å²) in [6, 6.07) is 5.83. The van der Waals surface area contributed by atoms with Gasteiger partial charge in [-0.2, -0.15) is 5.26 Å². The fourth-order valence-corrected chi connectivity index (χ4v) is 1.25. The summed E-state index contributed by atoms with van der Waals surface area (Å²) in [5, 5.41) is 11.7. The van der Waals surface area contributed by atoms with Crippen molar-refractivity contribution in [2.45, 2.75) is 12.8 Å². The standard InChI is InChI=1S/C11H12FN3O/c12-9-3-4-10(8(6-9)7-13)15-5-1-2-11(14)16/h3-4,6,15H,1-2,5H2,(H2,14,16). The van der Waals surface area contributed by atoms with Gasteiger partial charge in [-0.25, -0.2) is 4.39 Å². The molecule has 0 unspecified atom stereocenters. The zero-order valence-corrected chi connectivity index (χ0v) is 8.66. The number of rotatable bonds is 5. The van der Waals surface area contributed by atoms with E-state index in [1.807, 2.05) is 6.07 Å². The molecule has 84 valence electrons. The monoisotopic (exact) mass is 221 g/mol. The maximum absolute atomic E-state index is 12.8. The summed E-state index contributed by atoms with van der Waals surface area (Å²) in [7, 11) is 0. The van der Waals surface area contributed by atoms with Crippen LogP contribution in [0.25, 0.3) is 0 Å². The van der Waals surface area contributed by atoms with E-state index in [0.717, 1.165) is 6.07 Å². The topological polar surface area (TPSA) is 78.9 Å². The highest BCUT2D eigenvalue weighted by atomic mass is 19.1. The highest BCUT2D eigenvalue weighted by molar-refractivity contribution is 5.73. The molecule has 0 spiro atoms. The number of carbonyl (C=O) groups is 1. The average Bonchev–Trinajstić information content (AvgIpc) is 2.25. The minimum Gasteiger partial charge on any atom is -0.384 e.